The molecule has 3 rings (SSSR count). The molecule has 148 valence electrons. The second-order valence-electron chi connectivity index (χ2n) is 6.13. The Balaban J connectivity index is 2.02. The minimum absolute atomic E-state index is 0.211. The maximum Gasteiger partial charge on any atom is 0.266 e. The van der Waals surface area contributed by atoms with Crippen molar-refractivity contribution in [3.8, 4) is 11.5 Å². The van der Waals surface area contributed by atoms with E-state index in [-0.39, 0.29) is 5.91 Å². The van der Waals surface area contributed by atoms with Gasteiger partial charge in [0, 0.05) is 19.2 Å². The maximum atomic E-state index is 13.0. The fourth-order valence-electron chi connectivity index (χ4n) is 3.12. The Morgan fingerprint density at radius 2 is 1.93 bits per heavy atom. The van der Waals surface area contributed by atoms with Gasteiger partial charge < -0.3 is 19.7 Å². The third kappa shape index (κ3) is 3.60. The number of hydrogen-bond acceptors (Lipinski definition) is 7. The average Bonchev–Trinajstić information content (AvgIpc) is 3.06. The smallest absolute Gasteiger partial charge is 0.266 e. The summed E-state index contributed by atoms with van der Waals surface area (Å²) in [6.07, 6.45) is 1.55. The number of hydrogen-bond donors (Lipinski definition) is 1. The third-order valence-electron chi connectivity index (χ3n) is 4.63. The van der Waals surface area contributed by atoms with Crippen molar-refractivity contribution in [3.63, 3.8) is 0 Å². The summed E-state index contributed by atoms with van der Waals surface area (Å²) in [5.41, 5.74) is 1.43. The van der Waals surface area contributed by atoms with E-state index >= 15 is 0 Å². The summed E-state index contributed by atoms with van der Waals surface area (Å²) in [4.78, 5) is 25.5. The van der Waals surface area contributed by atoms with Gasteiger partial charge in [0.05, 0.1) is 30.2 Å². The van der Waals surface area contributed by atoms with Gasteiger partial charge in [-0.2, -0.15) is 0 Å². The summed E-state index contributed by atoms with van der Waals surface area (Å²) in [7, 11) is 3.14. The highest BCUT2D eigenvalue weighted by atomic mass is 32.1. The minimum atomic E-state index is -0.211. The molecule has 1 amide bonds. The van der Waals surface area contributed by atoms with Crippen LogP contribution in [0.5, 0.6) is 11.5 Å². The first-order valence-electron chi connectivity index (χ1n) is 9.06. The number of ether oxygens (including phenoxy) is 2. The first-order valence-corrected chi connectivity index (χ1v) is 9.88. The first-order chi connectivity index (χ1) is 13.5. The number of benzene rings is 1. The Morgan fingerprint density at radius 1 is 1.18 bits per heavy atom. The van der Waals surface area contributed by atoms with Gasteiger partial charge in [-0.05, 0) is 38.5 Å². The van der Waals surface area contributed by atoms with Gasteiger partial charge in [-0.3, -0.25) is 4.79 Å². The van der Waals surface area contributed by atoms with Crippen molar-refractivity contribution in [2.75, 3.05) is 37.5 Å². The number of carbonyl (C=O) groups is 1. The first kappa shape index (κ1) is 19.9. The SMILES string of the molecule is CCN(CC)c1ncnc2sc(C(=O)Nc3cc(OC)ccc3OC)c(C)c12. The maximum absolute atomic E-state index is 13.0. The number of amides is 1. The van der Waals surface area contributed by atoms with Crippen LogP contribution in [-0.4, -0.2) is 43.2 Å². The number of aryl methyl sites for hydroxylation is 1. The zero-order valence-corrected chi connectivity index (χ0v) is 17.5. The number of methoxy groups -OCH3 is 2. The fourth-order valence-corrected chi connectivity index (χ4v) is 4.16. The predicted molar refractivity (Wildman–Crippen MR) is 113 cm³/mol. The van der Waals surface area contributed by atoms with Crippen LogP contribution in [0.1, 0.15) is 29.1 Å². The number of nitrogens with one attached hydrogen (secondary N) is 1. The molecule has 0 aliphatic carbocycles. The number of nitrogens with zero attached hydrogens (tertiary/aromatic N) is 3. The van der Waals surface area contributed by atoms with Crippen molar-refractivity contribution in [2.24, 2.45) is 0 Å². The Bertz CT molecular complexity index is 999. The van der Waals surface area contributed by atoms with Crippen LogP contribution in [-0.2, 0) is 0 Å². The van der Waals surface area contributed by atoms with Gasteiger partial charge in [-0.1, -0.05) is 0 Å². The normalized spacial score (nSPS) is 10.8. The van der Waals surface area contributed by atoms with Gasteiger partial charge in [0.2, 0.25) is 0 Å². The number of anilines is 2. The van der Waals surface area contributed by atoms with Crippen LogP contribution in [0.4, 0.5) is 11.5 Å². The quantitative estimate of drug-likeness (QED) is 0.643. The molecule has 8 heteroatoms. The van der Waals surface area contributed by atoms with E-state index in [1.807, 2.05) is 6.92 Å². The number of thiophene rings is 1. The molecule has 1 aromatic carbocycles. The van der Waals surface area contributed by atoms with Crippen molar-refractivity contribution in [2.45, 2.75) is 20.8 Å². The summed E-state index contributed by atoms with van der Waals surface area (Å²) >= 11 is 1.37. The molecule has 0 saturated carbocycles. The van der Waals surface area contributed by atoms with E-state index in [4.69, 9.17) is 9.47 Å². The minimum Gasteiger partial charge on any atom is -0.497 e. The number of aromatic nitrogens is 2. The lowest BCUT2D eigenvalue weighted by atomic mass is 10.2. The molecule has 2 aromatic heterocycles. The number of carbonyl (C=O) groups excluding carboxylic acids is 1. The molecule has 0 fully saturated rings. The highest BCUT2D eigenvalue weighted by Crippen LogP contribution is 2.36. The summed E-state index contributed by atoms with van der Waals surface area (Å²) in [5, 5.41) is 3.87. The molecule has 0 atom stereocenters. The summed E-state index contributed by atoms with van der Waals surface area (Å²) in [5.74, 6) is 1.86. The molecule has 0 aliphatic rings. The van der Waals surface area contributed by atoms with Crippen molar-refractivity contribution in [3.05, 3.63) is 35.0 Å². The molecule has 0 radical (unpaired) electrons. The van der Waals surface area contributed by atoms with Gasteiger partial charge in [0.25, 0.3) is 5.91 Å². The van der Waals surface area contributed by atoms with Crippen LogP contribution >= 0.6 is 11.3 Å². The van der Waals surface area contributed by atoms with E-state index in [0.717, 1.165) is 34.7 Å². The average molecular weight is 401 g/mol. The van der Waals surface area contributed by atoms with E-state index in [1.165, 1.54) is 11.3 Å². The van der Waals surface area contributed by atoms with Crippen molar-refractivity contribution < 1.29 is 14.3 Å². The van der Waals surface area contributed by atoms with Gasteiger partial charge in [-0.15, -0.1) is 11.3 Å². The third-order valence-corrected chi connectivity index (χ3v) is 5.83. The Morgan fingerprint density at radius 3 is 2.57 bits per heavy atom. The molecule has 1 N–H and O–H groups in total. The second kappa shape index (κ2) is 8.43. The zero-order chi connectivity index (χ0) is 20.3. The highest BCUT2D eigenvalue weighted by Gasteiger charge is 2.22. The van der Waals surface area contributed by atoms with Crippen LogP contribution in [0.25, 0.3) is 10.2 Å². The van der Waals surface area contributed by atoms with Gasteiger partial charge in [-0.25, -0.2) is 9.97 Å². The molecular formula is C20H24N4O3S. The molecule has 3 aromatic rings. The van der Waals surface area contributed by atoms with E-state index in [2.05, 4.69) is 34.0 Å². The Labute approximate surface area is 168 Å². The van der Waals surface area contributed by atoms with E-state index in [0.29, 0.717) is 22.1 Å². The standard InChI is InChI=1S/C20H24N4O3S/c1-6-24(7-2)18-16-12(3)17(28-20(16)22-11-21-18)19(25)23-14-10-13(26-4)8-9-15(14)27-5/h8-11H,6-7H2,1-5H3,(H,23,25). The molecule has 0 aliphatic heterocycles. The van der Waals surface area contributed by atoms with E-state index in [9.17, 15) is 4.79 Å². The molecular weight excluding hydrogens is 376 g/mol. The number of rotatable bonds is 7. The van der Waals surface area contributed by atoms with Crippen LogP contribution in [0.15, 0.2) is 24.5 Å². The molecule has 2 heterocycles. The summed E-state index contributed by atoms with van der Waals surface area (Å²) in [6.45, 7) is 7.78. The molecule has 0 spiro atoms. The molecule has 7 nitrogen and oxygen atoms in total. The van der Waals surface area contributed by atoms with E-state index in [1.54, 1.807) is 38.7 Å². The largest absolute Gasteiger partial charge is 0.497 e. The summed E-state index contributed by atoms with van der Waals surface area (Å²) in [6, 6.07) is 5.28. The van der Waals surface area contributed by atoms with Gasteiger partial charge in [0.1, 0.15) is 28.5 Å². The molecule has 0 saturated heterocycles. The zero-order valence-electron chi connectivity index (χ0n) is 16.7. The summed E-state index contributed by atoms with van der Waals surface area (Å²) < 4.78 is 10.6. The molecule has 28 heavy (non-hydrogen) atoms. The molecule has 0 unspecified atom stereocenters. The van der Waals surface area contributed by atoms with Crippen LogP contribution in [0.3, 0.4) is 0 Å². The van der Waals surface area contributed by atoms with Crippen molar-refractivity contribution in [1.29, 1.82) is 0 Å². The highest BCUT2D eigenvalue weighted by molar-refractivity contribution is 7.20. The topological polar surface area (TPSA) is 76.6 Å². The predicted octanol–water partition coefficient (Wildman–Crippen LogP) is 4.12. The van der Waals surface area contributed by atoms with Crippen molar-refractivity contribution in [1.82, 2.24) is 9.97 Å². The van der Waals surface area contributed by atoms with Gasteiger partial charge >= 0.3 is 0 Å². The Hall–Kier alpha value is -2.87. The lowest BCUT2D eigenvalue weighted by molar-refractivity contribution is 0.102. The van der Waals surface area contributed by atoms with Crippen LogP contribution in [0, 0.1) is 6.92 Å². The van der Waals surface area contributed by atoms with Crippen molar-refractivity contribution >= 4 is 39.0 Å². The lowest BCUT2D eigenvalue weighted by Gasteiger charge is -2.20. The fraction of sp³-hybridized carbons (Fsp3) is 0.350. The second-order valence-corrected chi connectivity index (χ2v) is 7.13. The molecule has 0 bridgehead atoms. The monoisotopic (exact) mass is 400 g/mol. The van der Waals surface area contributed by atoms with E-state index < -0.39 is 0 Å². The lowest BCUT2D eigenvalue weighted by Crippen LogP contribution is -2.23. The van der Waals surface area contributed by atoms with Crippen LogP contribution in [0.2, 0.25) is 0 Å². The number of fused-ring (bicyclic) bond motifs is 1. The Kier molecular flexibility index (Phi) is 5.99. The van der Waals surface area contributed by atoms with Gasteiger partial charge in [0.15, 0.2) is 0 Å². The van der Waals surface area contributed by atoms with Crippen LogP contribution < -0.4 is 19.7 Å².